The summed E-state index contributed by atoms with van der Waals surface area (Å²) in [7, 11) is 0. The second-order valence-electron chi connectivity index (χ2n) is 15.3. The molecular formula is C50H31NS2. The molecule has 8 aromatic rings. The van der Waals surface area contributed by atoms with E-state index in [1.807, 2.05) is 29.2 Å². The molecule has 4 aliphatic carbocycles. The van der Waals surface area contributed by atoms with Crippen LogP contribution in [0.2, 0.25) is 0 Å². The minimum Gasteiger partial charge on any atom is -0.309 e. The monoisotopic (exact) mass is 709 g/mol. The lowest BCUT2D eigenvalue weighted by molar-refractivity contribution is 0.436. The van der Waals surface area contributed by atoms with E-state index in [9.17, 15) is 0 Å². The largest absolute Gasteiger partial charge is 0.309 e. The van der Waals surface area contributed by atoms with Crippen LogP contribution in [-0.2, 0) is 17.3 Å². The highest BCUT2D eigenvalue weighted by atomic mass is 32.2. The van der Waals surface area contributed by atoms with Gasteiger partial charge in [-0.2, -0.15) is 0 Å². The number of thioether (sulfide) groups is 1. The van der Waals surface area contributed by atoms with Crippen LogP contribution in [-0.4, -0.2) is 4.57 Å². The Balaban J connectivity index is 1.22. The summed E-state index contributed by atoms with van der Waals surface area (Å²) in [6.45, 7) is 2.60. The van der Waals surface area contributed by atoms with Crippen LogP contribution in [0, 0.1) is 11.8 Å². The number of nitrogens with zero attached hydrogens (tertiary/aromatic N) is 1. The molecule has 6 aromatic carbocycles. The van der Waals surface area contributed by atoms with Crippen LogP contribution in [0.4, 0.5) is 0 Å². The average Bonchev–Trinajstić information content (AvgIpc) is 3.87. The van der Waals surface area contributed by atoms with E-state index >= 15 is 0 Å². The Morgan fingerprint density at radius 2 is 1.43 bits per heavy atom. The highest BCUT2D eigenvalue weighted by Gasteiger charge is 2.65. The molecule has 3 heterocycles. The maximum Gasteiger partial charge on any atom is 0.0782 e. The molecule has 13 rings (SSSR count). The Hall–Kier alpha value is -5.53. The summed E-state index contributed by atoms with van der Waals surface area (Å²) in [4.78, 5) is 2.68. The smallest absolute Gasteiger partial charge is 0.0782 e. The van der Waals surface area contributed by atoms with Gasteiger partial charge in [0.2, 0.25) is 0 Å². The number of rotatable bonds is 2. The van der Waals surface area contributed by atoms with Crippen molar-refractivity contribution in [2.75, 3.05) is 0 Å². The topological polar surface area (TPSA) is 4.93 Å². The zero-order valence-corrected chi connectivity index (χ0v) is 30.7. The number of aromatic nitrogens is 1. The first-order chi connectivity index (χ1) is 26.2. The SMILES string of the molecule is CC12C3=CCCc4c(-n5c6ccccc6c6ccccc65)ccc(c43)C1(c1cccc3c1C1C#CC=CC=C1S3)c1cccc3sc4cccc2c4c13. The van der Waals surface area contributed by atoms with Crippen LogP contribution < -0.4 is 0 Å². The second kappa shape index (κ2) is 9.91. The van der Waals surface area contributed by atoms with Gasteiger partial charge in [-0.3, -0.25) is 0 Å². The molecule has 3 atom stereocenters. The number of hydrogen-bond acceptors (Lipinski definition) is 2. The Labute approximate surface area is 316 Å². The van der Waals surface area contributed by atoms with Gasteiger partial charge in [-0.05, 0) is 107 Å². The number of allylic oxidation sites excluding steroid dienone is 6. The molecule has 248 valence electrons. The summed E-state index contributed by atoms with van der Waals surface area (Å²) >= 11 is 3.86. The van der Waals surface area contributed by atoms with E-state index in [1.165, 1.54) is 102 Å². The summed E-state index contributed by atoms with van der Waals surface area (Å²) in [5.74, 6) is 7.18. The van der Waals surface area contributed by atoms with Gasteiger partial charge in [0.25, 0.3) is 0 Å². The number of thiophene rings is 1. The number of para-hydroxylation sites is 2. The van der Waals surface area contributed by atoms with E-state index in [1.54, 1.807) is 0 Å². The van der Waals surface area contributed by atoms with Gasteiger partial charge < -0.3 is 4.57 Å². The van der Waals surface area contributed by atoms with E-state index in [0.717, 1.165) is 12.8 Å². The lowest BCUT2D eigenvalue weighted by Gasteiger charge is -2.50. The van der Waals surface area contributed by atoms with Crippen molar-refractivity contribution in [3.05, 3.63) is 183 Å². The molecule has 0 bridgehead atoms. The molecule has 3 heteroatoms. The molecule has 0 spiro atoms. The first-order valence-electron chi connectivity index (χ1n) is 18.7. The molecule has 1 nitrogen and oxygen atoms in total. The van der Waals surface area contributed by atoms with Crippen LogP contribution in [0.5, 0.6) is 0 Å². The summed E-state index contributed by atoms with van der Waals surface area (Å²) < 4.78 is 5.32. The van der Waals surface area contributed by atoms with Gasteiger partial charge in [-0.1, -0.05) is 121 Å². The molecule has 0 saturated carbocycles. The third kappa shape index (κ3) is 3.24. The molecule has 0 amide bonds. The Kier molecular flexibility index (Phi) is 5.42. The van der Waals surface area contributed by atoms with Crippen molar-refractivity contribution < 1.29 is 0 Å². The van der Waals surface area contributed by atoms with Crippen molar-refractivity contribution in [3.63, 3.8) is 0 Å². The van der Waals surface area contributed by atoms with Gasteiger partial charge >= 0.3 is 0 Å². The van der Waals surface area contributed by atoms with Gasteiger partial charge in [0, 0.05) is 46.2 Å². The van der Waals surface area contributed by atoms with Gasteiger partial charge in [-0.25, -0.2) is 0 Å². The molecule has 0 saturated heterocycles. The van der Waals surface area contributed by atoms with Crippen molar-refractivity contribution in [1.29, 1.82) is 0 Å². The summed E-state index contributed by atoms with van der Waals surface area (Å²) in [5.41, 5.74) is 14.6. The molecule has 3 unspecified atom stereocenters. The third-order valence-electron chi connectivity index (χ3n) is 13.2. The van der Waals surface area contributed by atoms with E-state index in [2.05, 4.69) is 157 Å². The van der Waals surface area contributed by atoms with E-state index < -0.39 is 5.41 Å². The first-order valence-corrected chi connectivity index (χ1v) is 20.3. The third-order valence-corrected chi connectivity index (χ3v) is 15.5. The molecule has 0 N–H and O–H groups in total. The molecule has 2 aromatic heterocycles. The van der Waals surface area contributed by atoms with Crippen molar-refractivity contribution in [1.82, 2.24) is 4.57 Å². The highest BCUT2D eigenvalue weighted by molar-refractivity contribution is 8.03. The maximum absolute atomic E-state index is 3.72. The number of hydrogen-bond donors (Lipinski definition) is 0. The Morgan fingerprint density at radius 3 is 2.25 bits per heavy atom. The van der Waals surface area contributed by atoms with Crippen molar-refractivity contribution in [2.24, 2.45) is 0 Å². The lowest BCUT2D eigenvalue weighted by atomic mass is 9.50. The molecule has 53 heavy (non-hydrogen) atoms. The minimum atomic E-state index is -0.461. The minimum absolute atomic E-state index is 0.0525. The Morgan fingerprint density at radius 1 is 0.717 bits per heavy atom. The molecule has 1 aliphatic heterocycles. The van der Waals surface area contributed by atoms with Crippen LogP contribution >= 0.6 is 23.1 Å². The molecule has 5 aliphatic rings. The standard InChI is InChI=1S/C50H31NS2/c1-49-33-17-9-16-31-40(51-38-21-7-5-13-29(38)30-14-6-8-22-39(30)51)28-27-37(45(31)33)50(49,35-19-11-24-42-46(35)32-15-3-2-4-23-41(32)52-42)36-20-12-26-44-48(36)47-34(49)18-10-25-43(47)53-44/h2,4-8,10-14,17-28,32H,9,16H2,1H3. The Bertz CT molecular complexity index is 3130. The van der Waals surface area contributed by atoms with E-state index in [0.29, 0.717) is 0 Å². The normalized spacial score (nSPS) is 22.7. The first kappa shape index (κ1) is 29.0. The van der Waals surface area contributed by atoms with Gasteiger partial charge in [0.15, 0.2) is 0 Å². The van der Waals surface area contributed by atoms with Gasteiger partial charge in [0.05, 0.1) is 28.1 Å². The van der Waals surface area contributed by atoms with Crippen LogP contribution in [0.15, 0.2) is 149 Å². The van der Waals surface area contributed by atoms with Gasteiger partial charge in [0.1, 0.15) is 0 Å². The van der Waals surface area contributed by atoms with Crippen LogP contribution in [0.1, 0.15) is 58.2 Å². The average molecular weight is 710 g/mol. The van der Waals surface area contributed by atoms with Crippen molar-refractivity contribution in [2.45, 2.75) is 41.4 Å². The second-order valence-corrected chi connectivity index (χ2v) is 17.5. The maximum atomic E-state index is 3.72. The molecular weight excluding hydrogens is 679 g/mol. The summed E-state index contributed by atoms with van der Waals surface area (Å²) in [6.07, 6.45) is 11.1. The predicted molar refractivity (Wildman–Crippen MR) is 224 cm³/mol. The van der Waals surface area contributed by atoms with E-state index in [-0.39, 0.29) is 11.3 Å². The number of benzene rings is 6. The van der Waals surface area contributed by atoms with E-state index in [4.69, 9.17) is 0 Å². The fourth-order valence-electron chi connectivity index (χ4n) is 11.4. The molecule has 0 radical (unpaired) electrons. The van der Waals surface area contributed by atoms with Crippen LogP contribution in [0.25, 0.3) is 53.2 Å². The zero-order valence-electron chi connectivity index (χ0n) is 29.0. The van der Waals surface area contributed by atoms with Crippen LogP contribution in [0.3, 0.4) is 0 Å². The fraction of sp³-hybridized carbons (Fsp3) is 0.120. The van der Waals surface area contributed by atoms with Gasteiger partial charge in [-0.15, -0.1) is 11.3 Å². The fourth-order valence-corrected chi connectivity index (χ4v) is 13.7. The number of fused-ring (bicyclic) bond motifs is 11. The summed E-state index contributed by atoms with van der Waals surface area (Å²) in [5, 5.41) is 5.50. The highest BCUT2D eigenvalue weighted by Crippen LogP contribution is 2.72. The van der Waals surface area contributed by atoms with Crippen molar-refractivity contribution in [3.8, 4) is 17.5 Å². The molecule has 0 fully saturated rings. The quantitative estimate of drug-likeness (QED) is 0.162. The summed E-state index contributed by atoms with van der Waals surface area (Å²) in [6, 6.07) is 44.3. The predicted octanol–water partition coefficient (Wildman–Crippen LogP) is 12.7. The van der Waals surface area contributed by atoms with Crippen molar-refractivity contribution >= 4 is 70.6 Å². The zero-order chi connectivity index (χ0) is 34.6. The lowest BCUT2D eigenvalue weighted by Crippen LogP contribution is -2.48.